The second kappa shape index (κ2) is 6.98. The van der Waals surface area contributed by atoms with Crippen LogP contribution in [0.15, 0.2) is 21.1 Å². The molecule has 3 rings (SSSR count). The van der Waals surface area contributed by atoms with E-state index in [1.165, 1.54) is 0 Å². The van der Waals surface area contributed by atoms with Crippen LogP contribution in [0.3, 0.4) is 0 Å². The van der Waals surface area contributed by atoms with Crippen LogP contribution in [0.25, 0.3) is 0 Å². The minimum Gasteiger partial charge on any atom is -0.456 e. The average Bonchev–Trinajstić information content (AvgIpc) is 3.21. The first-order valence-electron chi connectivity index (χ1n) is 8.35. The minimum atomic E-state index is -0.0616. The van der Waals surface area contributed by atoms with Crippen molar-refractivity contribution in [2.24, 2.45) is 0 Å². The maximum Gasteiger partial charge on any atom is 0.289 e. The third-order valence-corrected chi connectivity index (χ3v) is 4.25. The smallest absolute Gasteiger partial charge is 0.289 e. The molecule has 6 nitrogen and oxygen atoms in total. The third-order valence-electron chi connectivity index (χ3n) is 4.25. The quantitative estimate of drug-likeness (QED) is 0.845. The van der Waals surface area contributed by atoms with E-state index in [-0.39, 0.29) is 11.8 Å². The molecular formula is C17H23N3O3. The van der Waals surface area contributed by atoms with Gasteiger partial charge in [0.25, 0.3) is 5.91 Å². The summed E-state index contributed by atoms with van der Waals surface area (Å²) in [6.07, 6.45) is 4.92. The average molecular weight is 317 g/mol. The molecule has 1 atom stereocenters. The van der Waals surface area contributed by atoms with Gasteiger partial charge in [-0.25, -0.2) is 0 Å². The summed E-state index contributed by atoms with van der Waals surface area (Å²) < 4.78 is 10.9. The number of piperidine rings is 1. The topological polar surface area (TPSA) is 72.4 Å². The fourth-order valence-electron chi connectivity index (χ4n) is 2.94. The number of carbonyl (C=O) groups excluding carboxylic acids is 1. The lowest BCUT2D eigenvalue weighted by Crippen LogP contribution is -2.39. The van der Waals surface area contributed by atoms with Crippen molar-refractivity contribution in [3.05, 3.63) is 35.4 Å². The van der Waals surface area contributed by atoms with Gasteiger partial charge in [-0.2, -0.15) is 4.98 Å². The number of unbranched alkanes of at least 4 members (excludes halogenated alkanes) is 1. The van der Waals surface area contributed by atoms with Gasteiger partial charge in [0.15, 0.2) is 11.6 Å². The van der Waals surface area contributed by atoms with Gasteiger partial charge in [-0.05, 0) is 38.3 Å². The van der Waals surface area contributed by atoms with Crippen LogP contribution in [0.2, 0.25) is 0 Å². The van der Waals surface area contributed by atoms with E-state index in [1.54, 1.807) is 6.07 Å². The number of aryl methyl sites for hydroxylation is 2. The lowest BCUT2D eigenvalue weighted by atomic mass is 9.97. The summed E-state index contributed by atoms with van der Waals surface area (Å²) in [6, 6.07) is 3.55. The van der Waals surface area contributed by atoms with Gasteiger partial charge >= 0.3 is 0 Å². The number of hydrogen-bond acceptors (Lipinski definition) is 5. The lowest BCUT2D eigenvalue weighted by Gasteiger charge is -2.30. The molecule has 1 aliphatic rings. The van der Waals surface area contributed by atoms with E-state index in [0.29, 0.717) is 18.2 Å². The van der Waals surface area contributed by atoms with Crippen LogP contribution in [0, 0.1) is 6.92 Å². The van der Waals surface area contributed by atoms with Gasteiger partial charge in [0, 0.05) is 19.5 Å². The van der Waals surface area contributed by atoms with E-state index in [0.717, 1.165) is 50.2 Å². The Hall–Kier alpha value is -2.11. The fraction of sp³-hybridized carbons (Fsp3) is 0.588. The van der Waals surface area contributed by atoms with Gasteiger partial charge in [-0.1, -0.05) is 18.5 Å². The first kappa shape index (κ1) is 15.8. The molecule has 1 unspecified atom stereocenters. The molecular weight excluding hydrogens is 294 g/mol. The molecule has 3 heterocycles. The van der Waals surface area contributed by atoms with E-state index in [2.05, 4.69) is 17.1 Å². The van der Waals surface area contributed by atoms with E-state index in [4.69, 9.17) is 8.94 Å². The maximum absolute atomic E-state index is 12.5. The Morgan fingerprint density at radius 3 is 3.04 bits per heavy atom. The monoisotopic (exact) mass is 317 g/mol. The summed E-state index contributed by atoms with van der Waals surface area (Å²) >= 11 is 0. The van der Waals surface area contributed by atoms with Crippen molar-refractivity contribution in [2.75, 3.05) is 13.1 Å². The second-order valence-electron chi connectivity index (χ2n) is 6.15. The highest BCUT2D eigenvalue weighted by Gasteiger charge is 2.30. The summed E-state index contributed by atoms with van der Waals surface area (Å²) in [5.74, 6) is 2.63. The zero-order chi connectivity index (χ0) is 16.2. The van der Waals surface area contributed by atoms with Crippen molar-refractivity contribution in [3.8, 4) is 0 Å². The lowest BCUT2D eigenvalue weighted by molar-refractivity contribution is 0.0662. The van der Waals surface area contributed by atoms with E-state index in [1.807, 2.05) is 17.9 Å². The van der Waals surface area contributed by atoms with Crippen molar-refractivity contribution in [3.63, 3.8) is 0 Å². The number of furan rings is 1. The predicted molar refractivity (Wildman–Crippen MR) is 84.2 cm³/mol. The Labute approximate surface area is 135 Å². The maximum atomic E-state index is 12.5. The molecule has 2 aromatic rings. The summed E-state index contributed by atoms with van der Waals surface area (Å²) in [4.78, 5) is 18.8. The molecule has 0 saturated carbocycles. The molecule has 0 bridgehead atoms. The van der Waals surface area contributed by atoms with Crippen molar-refractivity contribution in [2.45, 2.75) is 51.9 Å². The summed E-state index contributed by atoms with van der Waals surface area (Å²) in [5, 5.41) is 4.05. The number of aromatic nitrogens is 2. The number of amides is 1. The van der Waals surface area contributed by atoms with Gasteiger partial charge in [0.2, 0.25) is 5.89 Å². The van der Waals surface area contributed by atoms with Crippen LogP contribution in [-0.2, 0) is 6.42 Å². The molecule has 2 aromatic heterocycles. The van der Waals surface area contributed by atoms with Crippen LogP contribution in [0.5, 0.6) is 0 Å². The van der Waals surface area contributed by atoms with Gasteiger partial charge < -0.3 is 13.8 Å². The molecule has 23 heavy (non-hydrogen) atoms. The highest BCUT2D eigenvalue weighted by atomic mass is 16.5. The normalized spacial score (nSPS) is 18.3. The molecule has 0 radical (unpaired) electrons. The molecule has 0 N–H and O–H groups in total. The largest absolute Gasteiger partial charge is 0.456 e. The zero-order valence-electron chi connectivity index (χ0n) is 13.7. The molecule has 0 spiro atoms. The van der Waals surface area contributed by atoms with Gasteiger partial charge in [0.1, 0.15) is 5.76 Å². The van der Waals surface area contributed by atoms with Crippen LogP contribution >= 0.6 is 0 Å². The number of likely N-dealkylation sites (tertiary alicyclic amines) is 1. The first-order chi connectivity index (χ1) is 11.2. The predicted octanol–water partition coefficient (Wildman–Crippen LogP) is 3.33. The standard InChI is InChI=1S/C17H23N3O3/c1-3-4-7-15-18-16(23-19-15)13-6-5-10-20(11-13)17(21)14-9-8-12(2)22-14/h8-9,13H,3-7,10-11H2,1-2H3. The Bertz CT molecular complexity index is 662. The second-order valence-corrected chi connectivity index (χ2v) is 6.15. The van der Waals surface area contributed by atoms with Gasteiger partial charge in [-0.3, -0.25) is 4.79 Å². The number of rotatable bonds is 5. The van der Waals surface area contributed by atoms with Gasteiger partial charge in [-0.15, -0.1) is 0 Å². The van der Waals surface area contributed by atoms with Crippen LogP contribution in [0.4, 0.5) is 0 Å². The Morgan fingerprint density at radius 2 is 2.30 bits per heavy atom. The Morgan fingerprint density at radius 1 is 1.43 bits per heavy atom. The van der Waals surface area contributed by atoms with Crippen molar-refractivity contribution in [1.82, 2.24) is 15.0 Å². The van der Waals surface area contributed by atoms with E-state index < -0.39 is 0 Å². The van der Waals surface area contributed by atoms with Gasteiger partial charge in [0.05, 0.1) is 5.92 Å². The SMILES string of the molecule is CCCCc1noc(C2CCCN(C(=O)c3ccc(C)o3)C2)n1. The minimum absolute atomic E-state index is 0.0616. The van der Waals surface area contributed by atoms with Crippen molar-refractivity contribution < 1.29 is 13.7 Å². The van der Waals surface area contributed by atoms with Crippen LogP contribution in [-0.4, -0.2) is 34.0 Å². The van der Waals surface area contributed by atoms with Crippen LogP contribution < -0.4 is 0 Å². The summed E-state index contributed by atoms with van der Waals surface area (Å²) in [6.45, 7) is 5.33. The number of nitrogens with zero attached hydrogens (tertiary/aromatic N) is 3. The van der Waals surface area contributed by atoms with E-state index in [9.17, 15) is 4.79 Å². The Kier molecular flexibility index (Phi) is 4.79. The first-order valence-corrected chi connectivity index (χ1v) is 8.35. The van der Waals surface area contributed by atoms with E-state index >= 15 is 0 Å². The van der Waals surface area contributed by atoms with Crippen LogP contribution in [0.1, 0.15) is 66.6 Å². The summed E-state index contributed by atoms with van der Waals surface area (Å²) in [7, 11) is 0. The van der Waals surface area contributed by atoms with Crippen molar-refractivity contribution >= 4 is 5.91 Å². The molecule has 6 heteroatoms. The molecule has 1 amide bonds. The number of hydrogen-bond donors (Lipinski definition) is 0. The number of carbonyl (C=O) groups is 1. The highest BCUT2D eigenvalue weighted by Crippen LogP contribution is 2.27. The molecule has 0 aromatic carbocycles. The van der Waals surface area contributed by atoms with Crippen molar-refractivity contribution in [1.29, 1.82) is 0 Å². The Balaban J connectivity index is 1.66. The summed E-state index contributed by atoms with van der Waals surface area (Å²) in [5.41, 5.74) is 0. The third kappa shape index (κ3) is 3.63. The zero-order valence-corrected chi connectivity index (χ0v) is 13.7. The molecule has 1 fully saturated rings. The highest BCUT2D eigenvalue weighted by molar-refractivity contribution is 5.91. The molecule has 1 saturated heterocycles. The molecule has 124 valence electrons. The molecule has 1 aliphatic heterocycles. The fourth-order valence-corrected chi connectivity index (χ4v) is 2.94. The molecule has 0 aliphatic carbocycles.